The lowest BCUT2D eigenvalue weighted by Gasteiger charge is -2.03. The maximum Gasteiger partial charge on any atom is 0.212 e. The maximum atomic E-state index is 10.1. The highest BCUT2D eigenvalue weighted by Gasteiger charge is 2.16. The van der Waals surface area contributed by atoms with E-state index in [1.807, 2.05) is 12.1 Å². The summed E-state index contributed by atoms with van der Waals surface area (Å²) < 4.78 is 1.56. The van der Waals surface area contributed by atoms with E-state index in [0.717, 1.165) is 36.1 Å². The molecule has 18 heavy (non-hydrogen) atoms. The van der Waals surface area contributed by atoms with Gasteiger partial charge in [0, 0.05) is 18.2 Å². The minimum absolute atomic E-state index is 0.292. The fraction of sp³-hybridized carbons (Fsp3) is 0.400. The summed E-state index contributed by atoms with van der Waals surface area (Å²) in [6, 6.07) is 8.25. The Labute approximate surface area is 108 Å². The first-order valence-corrected chi connectivity index (χ1v) is 6.45. The molecular weight excluding hydrogens is 224 g/mol. The molecule has 0 amide bonds. The lowest BCUT2D eigenvalue weighted by Crippen LogP contribution is -1.89. The van der Waals surface area contributed by atoms with Crippen LogP contribution in [0.4, 0.5) is 0 Å². The zero-order valence-corrected chi connectivity index (χ0v) is 11.3. The van der Waals surface area contributed by atoms with Gasteiger partial charge >= 0.3 is 0 Å². The summed E-state index contributed by atoms with van der Waals surface area (Å²) in [5, 5.41) is 14.5. The Morgan fingerprint density at radius 2 is 2.11 bits per heavy atom. The van der Waals surface area contributed by atoms with Crippen LogP contribution in [0.25, 0.3) is 11.3 Å². The van der Waals surface area contributed by atoms with Gasteiger partial charge in [0.1, 0.15) is 0 Å². The number of nitrogens with zero attached hydrogens (tertiary/aromatic N) is 2. The van der Waals surface area contributed by atoms with E-state index < -0.39 is 0 Å². The van der Waals surface area contributed by atoms with Gasteiger partial charge in [0.25, 0.3) is 0 Å². The van der Waals surface area contributed by atoms with Crippen LogP contribution in [0.2, 0.25) is 0 Å². The number of aryl methyl sites for hydroxylation is 2. The first kappa shape index (κ1) is 12.7. The number of benzene rings is 1. The van der Waals surface area contributed by atoms with Gasteiger partial charge in [0.2, 0.25) is 5.88 Å². The van der Waals surface area contributed by atoms with Crippen LogP contribution in [0.5, 0.6) is 5.88 Å². The first-order valence-electron chi connectivity index (χ1n) is 6.45. The van der Waals surface area contributed by atoms with Gasteiger partial charge in [-0.25, -0.2) is 4.68 Å². The molecule has 96 valence electrons. The van der Waals surface area contributed by atoms with Gasteiger partial charge in [0.15, 0.2) is 0 Å². The van der Waals surface area contributed by atoms with Crippen molar-refractivity contribution in [2.24, 2.45) is 7.05 Å². The van der Waals surface area contributed by atoms with Crippen molar-refractivity contribution in [3.05, 3.63) is 35.4 Å². The molecule has 0 bridgehead atoms. The van der Waals surface area contributed by atoms with Gasteiger partial charge in [0.05, 0.1) is 5.69 Å². The van der Waals surface area contributed by atoms with Crippen molar-refractivity contribution in [1.29, 1.82) is 0 Å². The molecule has 2 aromatic rings. The highest BCUT2D eigenvalue weighted by Crippen LogP contribution is 2.30. The predicted molar refractivity (Wildman–Crippen MR) is 73.7 cm³/mol. The Morgan fingerprint density at radius 3 is 2.78 bits per heavy atom. The third-order valence-electron chi connectivity index (χ3n) is 3.18. The molecule has 0 saturated carbocycles. The van der Waals surface area contributed by atoms with E-state index in [1.54, 1.807) is 11.7 Å². The van der Waals surface area contributed by atoms with Crippen LogP contribution < -0.4 is 0 Å². The molecule has 0 atom stereocenters. The van der Waals surface area contributed by atoms with E-state index >= 15 is 0 Å². The van der Waals surface area contributed by atoms with Gasteiger partial charge in [-0.15, -0.1) is 0 Å². The van der Waals surface area contributed by atoms with Gasteiger partial charge < -0.3 is 5.11 Å². The van der Waals surface area contributed by atoms with E-state index in [4.69, 9.17) is 0 Å². The molecular formula is C15H20N2O. The van der Waals surface area contributed by atoms with Crippen LogP contribution in [0, 0.1) is 6.92 Å². The second-order valence-corrected chi connectivity index (χ2v) is 4.75. The van der Waals surface area contributed by atoms with Crippen LogP contribution in [0.15, 0.2) is 24.3 Å². The number of aromatic nitrogens is 2. The van der Waals surface area contributed by atoms with Crippen LogP contribution >= 0.6 is 0 Å². The van der Waals surface area contributed by atoms with Crippen LogP contribution in [0.3, 0.4) is 0 Å². The summed E-state index contributed by atoms with van der Waals surface area (Å²) in [5.41, 5.74) is 4.16. The lowest BCUT2D eigenvalue weighted by molar-refractivity contribution is 0.413. The number of hydrogen-bond acceptors (Lipinski definition) is 2. The fourth-order valence-corrected chi connectivity index (χ4v) is 2.17. The van der Waals surface area contributed by atoms with E-state index in [0.29, 0.717) is 5.88 Å². The number of unbranched alkanes of at least 4 members (excludes halogenated alkanes) is 1. The normalized spacial score (nSPS) is 10.8. The highest BCUT2D eigenvalue weighted by atomic mass is 16.3. The van der Waals surface area contributed by atoms with Gasteiger partial charge in [-0.2, -0.15) is 5.10 Å². The minimum atomic E-state index is 0.292. The average molecular weight is 244 g/mol. The zero-order chi connectivity index (χ0) is 13.1. The summed E-state index contributed by atoms with van der Waals surface area (Å²) in [5.74, 6) is 0.292. The maximum absolute atomic E-state index is 10.1. The van der Waals surface area contributed by atoms with Crippen molar-refractivity contribution in [2.45, 2.75) is 33.1 Å². The molecule has 0 saturated heterocycles. The Hall–Kier alpha value is -1.77. The van der Waals surface area contributed by atoms with Crippen LogP contribution in [-0.4, -0.2) is 14.9 Å². The van der Waals surface area contributed by atoms with E-state index in [-0.39, 0.29) is 0 Å². The summed E-state index contributed by atoms with van der Waals surface area (Å²) in [6.45, 7) is 4.22. The van der Waals surface area contributed by atoms with Crippen molar-refractivity contribution in [3.63, 3.8) is 0 Å². The quantitative estimate of drug-likeness (QED) is 0.894. The average Bonchev–Trinajstić information content (AvgIpc) is 2.64. The number of aromatic hydroxyl groups is 1. The molecule has 0 unspecified atom stereocenters. The van der Waals surface area contributed by atoms with Gasteiger partial charge in [-0.1, -0.05) is 37.1 Å². The van der Waals surface area contributed by atoms with Crippen molar-refractivity contribution >= 4 is 0 Å². The summed E-state index contributed by atoms with van der Waals surface area (Å²) in [4.78, 5) is 0. The van der Waals surface area contributed by atoms with E-state index in [9.17, 15) is 5.11 Å². The minimum Gasteiger partial charge on any atom is -0.493 e. The molecule has 1 N–H and O–H groups in total. The molecule has 1 aromatic carbocycles. The molecule has 3 nitrogen and oxygen atoms in total. The Bertz CT molecular complexity index is 543. The Kier molecular flexibility index (Phi) is 3.70. The lowest BCUT2D eigenvalue weighted by atomic mass is 10.0. The summed E-state index contributed by atoms with van der Waals surface area (Å²) >= 11 is 0. The highest BCUT2D eigenvalue weighted by molar-refractivity contribution is 5.66. The topological polar surface area (TPSA) is 38.0 Å². The predicted octanol–water partition coefficient (Wildman–Crippen LogP) is 3.44. The Balaban J connectivity index is 2.46. The van der Waals surface area contributed by atoms with Crippen molar-refractivity contribution in [3.8, 4) is 17.1 Å². The van der Waals surface area contributed by atoms with Gasteiger partial charge in [-0.05, 0) is 25.8 Å². The van der Waals surface area contributed by atoms with E-state index in [2.05, 4.69) is 31.1 Å². The number of rotatable bonds is 4. The second-order valence-electron chi connectivity index (χ2n) is 4.75. The third-order valence-corrected chi connectivity index (χ3v) is 3.18. The molecule has 0 fully saturated rings. The Morgan fingerprint density at radius 1 is 1.33 bits per heavy atom. The number of hydrogen-bond donors (Lipinski definition) is 1. The smallest absolute Gasteiger partial charge is 0.212 e. The van der Waals surface area contributed by atoms with Crippen LogP contribution in [-0.2, 0) is 13.5 Å². The molecule has 0 aliphatic carbocycles. The van der Waals surface area contributed by atoms with Crippen molar-refractivity contribution in [1.82, 2.24) is 9.78 Å². The molecule has 1 heterocycles. The largest absolute Gasteiger partial charge is 0.493 e. The second kappa shape index (κ2) is 5.25. The van der Waals surface area contributed by atoms with E-state index in [1.165, 1.54) is 5.56 Å². The standard InChI is InChI=1S/C15H20N2O/c1-4-5-9-13-14(16-17(3)15(13)18)12-8-6-7-11(2)10-12/h6-8,10,18H,4-5,9H2,1-3H3. The fourth-order valence-electron chi connectivity index (χ4n) is 2.17. The third kappa shape index (κ3) is 2.40. The molecule has 0 spiro atoms. The molecule has 3 heteroatoms. The van der Waals surface area contributed by atoms with Crippen LogP contribution in [0.1, 0.15) is 30.9 Å². The first-order chi connectivity index (χ1) is 8.63. The van der Waals surface area contributed by atoms with Gasteiger partial charge in [-0.3, -0.25) is 0 Å². The molecule has 0 aliphatic rings. The molecule has 0 aliphatic heterocycles. The molecule has 1 aromatic heterocycles. The summed E-state index contributed by atoms with van der Waals surface area (Å²) in [6.07, 6.45) is 3.05. The SMILES string of the molecule is CCCCc1c(-c2cccc(C)c2)nn(C)c1O. The van der Waals surface area contributed by atoms with Crippen molar-refractivity contribution < 1.29 is 5.11 Å². The molecule has 0 radical (unpaired) electrons. The monoisotopic (exact) mass is 244 g/mol. The molecule has 2 rings (SSSR count). The zero-order valence-electron chi connectivity index (χ0n) is 11.3. The van der Waals surface area contributed by atoms with Crippen molar-refractivity contribution in [2.75, 3.05) is 0 Å². The summed E-state index contributed by atoms with van der Waals surface area (Å²) in [7, 11) is 1.78.